The maximum absolute atomic E-state index is 11.9. The fourth-order valence-corrected chi connectivity index (χ4v) is 2.35. The van der Waals surface area contributed by atoms with Crippen molar-refractivity contribution in [3.63, 3.8) is 0 Å². The molecule has 20 heavy (non-hydrogen) atoms. The lowest BCUT2D eigenvalue weighted by Crippen LogP contribution is -2.35. The van der Waals surface area contributed by atoms with Crippen LogP contribution in [-0.2, 0) is 14.4 Å². The van der Waals surface area contributed by atoms with E-state index >= 15 is 0 Å². The number of carboxylic acid groups (broad SMARTS) is 2. The van der Waals surface area contributed by atoms with Crippen molar-refractivity contribution in [1.29, 1.82) is 0 Å². The number of nitrogens with zero attached hydrogens (tertiary/aromatic N) is 1. The molecule has 0 aromatic heterocycles. The molecule has 0 aliphatic carbocycles. The lowest BCUT2D eigenvalue weighted by atomic mass is 10.0. The monoisotopic (exact) mass is 277 g/mol. The molecular weight excluding hydrogens is 262 g/mol. The van der Waals surface area contributed by atoms with Crippen LogP contribution in [0, 0.1) is 12.8 Å². The van der Waals surface area contributed by atoms with E-state index in [4.69, 9.17) is 5.11 Å². The van der Waals surface area contributed by atoms with Crippen LogP contribution in [0.2, 0.25) is 0 Å². The van der Waals surface area contributed by atoms with E-state index in [9.17, 15) is 19.5 Å². The molecule has 106 valence electrons. The number of benzene rings is 1. The number of carbonyl (C=O) groups excluding carboxylic acids is 1. The smallest absolute Gasteiger partial charge is 0.331 e. The normalized spacial score (nSPS) is 19.9. The molecular formula is C14H15NO5. The highest BCUT2D eigenvalue weighted by molar-refractivity contribution is 5.90. The molecule has 1 fully saturated rings. The fraction of sp³-hybridized carbons (Fsp3) is 0.357. The molecule has 0 saturated carbocycles. The Kier molecular flexibility index (Phi) is 3.74. The number of hydrogen-bond donors (Lipinski definition) is 2. The fourth-order valence-electron chi connectivity index (χ4n) is 2.35. The Hall–Kier alpha value is -2.37. The lowest BCUT2D eigenvalue weighted by Gasteiger charge is -2.24. The molecule has 6 heteroatoms. The zero-order valence-electron chi connectivity index (χ0n) is 10.9. The van der Waals surface area contributed by atoms with Gasteiger partial charge < -0.3 is 15.1 Å². The molecule has 2 N–H and O–H groups in total. The Morgan fingerprint density at radius 1 is 1.25 bits per heavy atom. The van der Waals surface area contributed by atoms with Crippen molar-refractivity contribution in [1.82, 2.24) is 4.90 Å². The Morgan fingerprint density at radius 2 is 1.85 bits per heavy atom. The van der Waals surface area contributed by atoms with Crippen molar-refractivity contribution in [2.45, 2.75) is 19.4 Å². The van der Waals surface area contributed by atoms with Crippen molar-refractivity contribution in [3.8, 4) is 0 Å². The van der Waals surface area contributed by atoms with Crippen LogP contribution >= 0.6 is 0 Å². The minimum absolute atomic E-state index is 0.0704. The van der Waals surface area contributed by atoms with Crippen LogP contribution in [0.15, 0.2) is 24.3 Å². The molecule has 1 heterocycles. The quantitative estimate of drug-likeness (QED) is 0.857. The SMILES string of the molecule is Cc1ccc(C(C(=O)O)N2CC(C(=O)O)CC2=O)cc1. The highest BCUT2D eigenvalue weighted by atomic mass is 16.4. The highest BCUT2D eigenvalue weighted by Gasteiger charge is 2.41. The summed E-state index contributed by atoms with van der Waals surface area (Å²) in [6, 6.07) is 5.69. The van der Waals surface area contributed by atoms with E-state index in [1.54, 1.807) is 24.3 Å². The Labute approximate surface area is 115 Å². The van der Waals surface area contributed by atoms with Gasteiger partial charge >= 0.3 is 11.9 Å². The summed E-state index contributed by atoms with van der Waals surface area (Å²) in [5, 5.41) is 18.3. The summed E-state index contributed by atoms with van der Waals surface area (Å²) in [6.45, 7) is 1.81. The molecule has 0 radical (unpaired) electrons. The maximum Gasteiger partial charge on any atom is 0.331 e. The summed E-state index contributed by atoms with van der Waals surface area (Å²) in [7, 11) is 0. The van der Waals surface area contributed by atoms with E-state index in [1.165, 1.54) is 0 Å². The van der Waals surface area contributed by atoms with E-state index in [-0.39, 0.29) is 13.0 Å². The van der Waals surface area contributed by atoms with Crippen molar-refractivity contribution in [2.75, 3.05) is 6.54 Å². The predicted octanol–water partition coefficient (Wildman–Crippen LogP) is 1.05. The number of carbonyl (C=O) groups is 3. The van der Waals surface area contributed by atoms with Gasteiger partial charge in [-0.3, -0.25) is 9.59 Å². The predicted molar refractivity (Wildman–Crippen MR) is 69.0 cm³/mol. The number of amides is 1. The minimum atomic E-state index is -1.16. The van der Waals surface area contributed by atoms with Crippen LogP contribution in [0.25, 0.3) is 0 Å². The van der Waals surface area contributed by atoms with Crippen LogP contribution in [-0.4, -0.2) is 39.5 Å². The van der Waals surface area contributed by atoms with Crippen molar-refractivity contribution >= 4 is 17.8 Å². The molecule has 1 aliphatic heterocycles. The summed E-state index contributed by atoms with van der Waals surface area (Å²) in [4.78, 5) is 35.4. The van der Waals surface area contributed by atoms with Crippen LogP contribution in [0.4, 0.5) is 0 Å². The Morgan fingerprint density at radius 3 is 2.30 bits per heavy atom. The maximum atomic E-state index is 11.9. The molecule has 0 spiro atoms. The number of hydrogen-bond acceptors (Lipinski definition) is 3. The van der Waals surface area contributed by atoms with Crippen LogP contribution in [0.5, 0.6) is 0 Å². The first kappa shape index (κ1) is 14.0. The van der Waals surface area contributed by atoms with Crippen molar-refractivity contribution < 1.29 is 24.6 Å². The van der Waals surface area contributed by atoms with Gasteiger partial charge in [-0.15, -0.1) is 0 Å². The third-order valence-electron chi connectivity index (χ3n) is 3.45. The number of aliphatic carboxylic acids is 2. The molecule has 1 aromatic rings. The summed E-state index contributed by atoms with van der Waals surface area (Å²) >= 11 is 0. The van der Waals surface area contributed by atoms with E-state index in [1.807, 2.05) is 6.92 Å². The second kappa shape index (κ2) is 5.32. The summed E-state index contributed by atoms with van der Waals surface area (Å²) in [5.74, 6) is -3.51. The summed E-state index contributed by atoms with van der Waals surface area (Å²) < 4.78 is 0. The van der Waals surface area contributed by atoms with Gasteiger partial charge in [0.15, 0.2) is 6.04 Å². The van der Waals surface area contributed by atoms with Crippen molar-refractivity contribution in [3.05, 3.63) is 35.4 Å². The number of likely N-dealkylation sites (tertiary alicyclic amines) is 1. The molecule has 1 amide bonds. The summed E-state index contributed by atoms with van der Waals surface area (Å²) in [5.41, 5.74) is 1.46. The molecule has 1 aliphatic rings. The number of carboxylic acids is 2. The van der Waals surface area contributed by atoms with Gasteiger partial charge in [-0.05, 0) is 12.5 Å². The zero-order chi connectivity index (χ0) is 14.9. The van der Waals surface area contributed by atoms with E-state index < -0.39 is 29.8 Å². The van der Waals surface area contributed by atoms with Gasteiger partial charge in [0, 0.05) is 13.0 Å². The van der Waals surface area contributed by atoms with E-state index in [2.05, 4.69) is 0 Å². The average molecular weight is 277 g/mol. The first-order valence-corrected chi connectivity index (χ1v) is 6.22. The minimum Gasteiger partial charge on any atom is -0.481 e. The van der Waals surface area contributed by atoms with Gasteiger partial charge in [0.2, 0.25) is 5.91 Å². The zero-order valence-corrected chi connectivity index (χ0v) is 10.9. The third kappa shape index (κ3) is 2.64. The first-order chi connectivity index (χ1) is 9.40. The molecule has 0 bridgehead atoms. The van der Waals surface area contributed by atoms with Crippen LogP contribution in [0.1, 0.15) is 23.6 Å². The molecule has 2 atom stereocenters. The standard InChI is InChI=1S/C14H15NO5/c1-8-2-4-9(5-3-8)12(14(19)20)15-7-10(13(17)18)6-11(15)16/h2-5,10,12H,6-7H2,1H3,(H,17,18)(H,19,20). The lowest BCUT2D eigenvalue weighted by molar-refractivity contribution is -0.149. The van der Waals surface area contributed by atoms with Crippen LogP contribution in [0.3, 0.4) is 0 Å². The average Bonchev–Trinajstić information content (AvgIpc) is 2.74. The van der Waals surface area contributed by atoms with Gasteiger partial charge in [0.05, 0.1) is 5.92 Å². The number of rotatable bonds is 4. The van der Waals surface area contributed by atoms with Gasteiger partial charge in [-0.2, -0.15) is 0 Å². The molecule has 6 nitrogen and oxygen atoms in total. The topological polar surface area (TPSA) is 94.9 Å². The first-order valence-electron chi connectivity index (χ1n) is 6.22. The largest absolute Gasteiger partial charge is 0.481 e. The Balaban J connectivity index is 2.30. The van der Waals surface area contributed by atoms with Crippen molar-refractivity contribution in [2.24, 2.45) is 5.92 Å². The second-order valence-corrected chi connectivity index (χ2v) is 4.94. The highest BCUT2D eigenvalue weighted by Crippen LogP contribution is 2.29. The second-order valence-electron chi connectivity index (χ2n) is 4.94. The Bertz CT molecular complexity index is 551. The number of aryl methyl sites for hydroxylation is 1. The third-order valence-corrected chi connectivity index (χ3v) is 3.45. The summed E-state index contributed by atoms with van der Waals surface area (Å²) in [6.07, 6.45) is -0.148. The molecule has 2 rings (SSSR count). The van der Waals surface area contributed by atoms with Gasteiger partial charge in [-0.1, -0.05) is 29.8 Å². The van der Waals surface area contributed by atoms with Gasteiger partial charge in [0.25, 0.3) is 0 Å². The van der Waals surface area contributed by atoms with E-state index in [0.29, 0.717) is 5.56 Å². The molecule has 2 unspecified atom stereocenters. The van der Waals surface area contributed by atoms with Crippen LogP contribution < -0.4 is 0 Å². The van der Waals surface area contributed by atoms with Gasteiger partial charge in [0.1, 0.15) is 0 Å². The molecule has 1 saturated heterocycles. The molecule has 1 aromatic carbocycles. The van der Waals surface area contributed by atoms with Gasteiger partial charge in [-0.25, -0.2) is 4.79 Å². The van der Waals surface area contributed by atoms with E-state index in [0.717, 1.165) is 10.5 Å².